The Morgan fingerprint density at radius 3 is 1.25 bits per heavy atom. The van der Waals surface area contributed by atoms with Crippen LogP contribution in [0.15, 0.2) is 12.2 Å². The minimum absolute atomic E-state index is 0.0752. The predicted octanol–water partition coefficient (Wildman–Crippen LogP) is 16.3. The Bertz CT molecular complexity index is 1040. The van der Waals surface area contributed by atoms with E-state index in [0.717, 1.165) is 51.4 Å². The van der Waals surface area contributed by atoms with Gasteiger partial charge in [-0.25, -0.2) is 4.57 Å². The third kappa shape index (κ3) is 49.0. The van der Waals surface area contributed by atoms with Gasteiger partial charge in [-0.3, -0.25) is 13.8 Å². The highest BCUT2D eigenvalue weighted by Gasteiger charge is 2.28. The number of amides is 1. The lowest BCUT2D eigenvalue weighted by Crippen LogP contribution is -2.46. The fourth-order valence-electron chi connectivity index (χ4n) is 8.40. The van der Waals surface area contributed by atoms with E-state index in [0.29, 0.717) is 23.9 Å². The highest BCUT2D eigenvalue weighted by Crippen LogP contribution is 2.43. The van der Waals surface area contributed by atoms with Gasteiger partial charge < -0.3 is 19.8 Å². The fraction of sp³-hybridized carbons (Fsp3) is 0.944. The second-order valence-corrected chi connectivity index (χ2v) is 21.8. The zero-order valence-corrected chi connectivity index (χ0v) is 43.7. The van der Waals surface area contributed by atoms with E-state index in [9.17, 15) is 19.4 Å². The van der Waals surface area contributed by atoms with Crippen molar-refractivity contribution in [1.29, 1.82) is 0 Å². The molecule has 3 N–H and O–H groups in total. The van der Waals surface area contributed by atoms with Crippen LogP contribution in [0.2, 0.25) is 0 Å². The first-order valence-electron chi connectivity index (χ1n) is 27.6. The summed E-state index contributed by atoms with van der Waals surface area (Å²) < 4.78 is 23.7. The molecule has 1 amide bonds. The summed E-state index contributed by atoms with van der Waals surface area (Å²) in [5, 5.41) is 14.0. The fourth-order valence-corrected chi connectivity index (χ4v) is 9.13. The van der Waals surface area contributed by atoms with E-state index in [-0.39, 0.29) is 19.1 Å². The molecule has 0 bridgehead atoms. The van der Waals surface area contributed by atoms with E-state index >= 15 is 0 Å². The van der Waals surface area contributed by atoms with Gasteiger partial charge in [0.25, 0.3) is 0 Å². The van der Waals surface area contributed by atoms with Crippen LogP contribution in [-0.2, 0) is 18.4 Å². The molecule has 3 atom stereocenters. The number of hydrogen-bond donors (Lipinski definition) is 3. The first-order valence-corrected chi connectivity index (χ1v) is 29.0. The number of nitrogens with zero attached hydrogens (tertiary/aromatic N) is 1. The second-order valence-electron chi connectivity index (χ2n) is 20.3. The number of aliphatic hydroxyl groups excluding tert-OH is 1. The Hall–Kier alpha value is -0.760. The molecule has 0 spiro atoms. The molecule has 0 aromatic carbocycles. The maximum atomic E-state index is 12.9. The third-order valence-electron chi connectivity index (χ3n) is 12.8. The summed E-state index contributed by atoms with van der Waals surface area (Å²) in [6.07, 6.45) is 55.6. The van der Waals surface area contributed by atoms with Gasteiger partial charge in [-0.05, 0) is 38.5 Å². The molecular formula is C54H110N2O6P+. The van der Waals surface area contributed by atoms with Gasteiger partial charge in [0.2, 0.25) is 5.91 Å². The molecule has 9 heteroatoms. The number of phosphoric acid groups is 1. The van der Waals surface area contributed by atoms with E-state index in [1.165, 1.54) is 199 Å². The molecule has 0 rings (SSSR count). The summed E-state index contributed by atoms with van der Waals surface area (Å²) in [5.41, 5.74) is 0. The molecule has 0 aliphatic heterocycles. The van der Waals surface area contributed by atoms with Crippen LogP contribution in [0.5, 0.6) is 0 Å². The normalized spacial score (nSPS) is 14.1. The highest BCUT2D eigenvalue weighted by molar-refractivity contribution is 7.47. The van der Waals surface area contributed by atoms with Crippen molar-refractivity contribution in [1.82, 2.24) is 5.32 Å². The van der Waals surface area contributed by atoms with Crippen molar-refractivity contribution in [2.75, 3.05) is 40.9 Å². The summed E-state index contributed by atoms with van der Waals surface area (Å²) in [6, 6.07) is -0.761. The lowest BCUT2D eigenvalue weighted by Gasteiger charge is -2.26. The van der Waals surface area contributed by atoms with Gasteiger partial charge in [0.15, 0.2) is 0 Å². The smallest absolute Gasteiger partial charge is 0.391 e. The van der Waals surface area contributed by atoms with Crippen LogP contribution >= 0.6 is 7.82 Å². The van der Waals surface area contributed by atoms with E-state index in [1.807, 2.05) is 21.1 Å². The minimum Gasteiger partial charge on any atom is -0.391 e. The van der Waals surface area contributed by atoms with Crippen molar-refractivity contribution >= 4 is 13.7 Å². The molecule has 8 nitrogen and oxygen atoms in total. The molecule has 0 saturated carbocycles. The first kappa shape index (κ1) is 62.2. The number of carbonyl (C=O) groups is 1. The Labute approximate surface area is 392 Å². The molecule has 3 unspecified atom stereocenters. The molecule has 0 aromatic heterocycles. The van der Waals surface area contributed by atoms with Crippen molar-refractivity contribution < 1.29 is 32.9 Å². The van der Waals surface area contributed by atoms with E-state index in [2.05, 4.69) is 31.3 Å². The summed E-state index contributed by atoms with van der Waals surface area (Å²) in [6.45, 7) is 4.89. The van der Waals surface area contributed by atoms with Gasteiger partial charge in [-0.15, -0.1) is 0 Å². The predicted molar refractivity (Wildman–Crippen MR) is 272 cm³/mol. The Kier molecular flexibility index (Phi) is 45.8. The Morgan fingerprint density at radius 2 is 0.857 bits per heavy atom. The third-order valence-corrected chi connectivity index (χ3v) is 13.7. The van der Waals surface area contributed by atoms with Gasteiger partial charge in [0, 0.05) is 6.42 Å². The average Bonchev–Trinajstić information content (AvgIpc) is 3.24. The van der Waals surface area contributed by atoms with Crippen molar-refractivity contribution in [3.63, 3.8) is 0 Å². The molecule has 0 aromatic rings. The number of allylic oxidation sites excluding steroid dienone is 2. The standard InChI is InChI=1S/C54H109N2O6P/c1-6-8-10-12-14-16-18-20-21-22-23-24-25-26-27-28-29-30-31-32-33-34-35-36-37-39-41-43-45-47-53(57)52(51-62-63(59,60)61-50-49-56(3,4)5)55-54(58)48-46-44-42-40-38-19-17-15-13-11-9-7-2/h15,17,52-53,57H,6-14,16,18-51H2,1-5H3,(H-,55,58,59,60)/p+1/b17-15-. The molecular weight excluding hydrogens is 804 g/mol. The number of carbonyl (C=O) groups excluding carboxylic acids is 1. The lowest BCUT2D eigenvalue weighted by molar-refractivity contribution is -0.870. The Morgan fingerprint density at radius 1 is 0.524 bits per heavy atom. The number of quaternary nitrogens is 1. The second kappa shape index (κ2) is 46.4. The van der Waals surface area contributed by atoms with Crippen LogP contribution in [0.3, 0.4) is 0 Å². The zero-order chi connectivity index (χ0) is 46.4. The molecule has 0 saturated heterocycles. The molecule has 0 aliphatic carbocycles. The zero-order valence-electron chi connectivity index (χ0n) is 42.8. The number of likely N-dealkylation sites (N-methyl/N-ethyl adjacent to an activating group) is 1. The minimum atomic E-state index is -4.32. The van der Waals surface area contributed by atoms with Crippen molar-refractivity contribution in [3.8, 4) is 0 Å². The lowest BCUT2D eigenvalue weighted by atomic mass is 10.0. The van der Waals surface area contributed by atoms with Gasteiger partial charge in [-0.2, -0.15) is 0 Å². The Balaban J connectivity index is 4.03. The number of rotatable bonds is 51. The molecule has 0 radical (unpaired) electrons. The van der Waals surface area contributed by atoms with Gasteiger partial charge in [0.1, 0.15) is 13.2 Å². The van der Waals surface area contributed by atoms with Crippen molar-refractivity contribution in [3.05, 3.63) is 12.2 Å². The van der Waals surface area contributed by atoms with Crippen LogP contribution < -0.4 is 5.32 Å². The maximum Gasteiger partial charge on any atom is 0.472 e. The number of unbranched alkanes of at least 4 members (excludes halogenated alkanes) is 36. The van der Waals surface area contributed by atoms with E-state index < -0.39 is 20.0 Å². The molecule has 63 heavy (non-hydrogen) atoms. The number of nitrogens with one attached hydrogen (secondary N) is 1. The summed E-state index contributed by atoms with van der Waals surface area (Å²) in [4.78, 5) is 23.2. The van der Waals surface area contributed by atoms with Gasteiger partial charge in [-0.1, -0.05) is 244 Å². The highest BCUT2D eigenvalue weighted by atomic mass is 31.2. The van der Waals surface area contributed by atoms with Gasteiger partial charge in [0.05, 0.1) is 39.9 Å². The summed E-state index contributed by atoms with van der Waals surface area (Å²) >= 11 is 0. The van der Waals surface area contributed by atoms with Crippen LogP contribution in [0.4, 0.5) is 0 Å². The molecule has 0 heterocycles. The van der Waals surface area contributed by atoms with Gasteiger partial charge >= 0.3 is 7.82 Å². The quantitative estimate of drug-likeness (QED) is 0.0243. The number of aliphatic hydroxyl groups is 1. The van der Waals surface area contributed by atoms with Crippen LogP contribution in [0.25, 0.3) is 0 Å². The summed E-state index contributed by atoms with van der Waals surface area (Å²) in [7, 11) is 1.62. The average molecular weight is 914 g/mol. The maximum absolute atomic E-state index is 12.9. The monoisotopic (exact) mass is 914 g/mol. The first-order chi connectivity index (χ1) is 30.5. The van der Waals surface area contributed by atoms with E-state index in [4.69, 9.17) is 9.05 Å². The molecule has 0 aliphatic rings. The van der Waals surface area contributed by atoms with Crippen LogP contribution in [0, 0.1) is 0 Å². The number of hydrogen-bond acceptors (Lipinski definition) is 5. The SMILES string of the molecule is CCCCC/C=C\CCCCCCCC(=O)NC(COP(=O)(O)OCC[N+](C)(C)C)C(O)CCCCCCCCCCCCCCCCCCCCCCCCCCCCCCC. The molecule has 0 fully saturated rings. The number of phosphoric ester groups is 1. The van der Waals surface area contributed by atoms with Crippen LogP contribution in [-0.4, -0.2) is 73.4 Å². The van der Waals surface area contributed by atoms with Crippen molar-refractivity contribution in [2.45, 2.75) is 289 Å². The topological polar surface area (TPSA) is 105 Å². The molecule has 376 valence electrons. The largest absolute Gasteiger partial charge is 0.472 e. The van der Waals surface area contributed by atoms with Crippen molar-refractivity contribution in [2.24, 2.45) is 0 Å². The van der Waals surface area contributed by atoms with E-state index in [1.54, 1.807) is 0 Å². The van der Waals surface area contributed by atoms with Crippen LogP contribution in [0.1, 0.15) is 277 Å². The summed E-state index contributed by atoms with van der Waals surface area (Å²) in [5.74, 6) is -0.151.